The summed E-state index contributed by atoms with van der Waals surface area (Å²) in [6, 6.07) is 3.99. The maximum Gasteiger partial charge on any atom is 0.195 e. The van der Waals surface area contributed by atoms with Crippen LogP contribution in [0.2, 0.25) is 0 Å². The fourth-order valence-electron chi connectivity index (χ4n) is 1.64. The van der Waals surface area contributed by atoms with Crippen molar-refractivity contribution in [1.82, 2.24) is 14.8 Å². The second-order valence-corrected chi connectivity index (χ2v) is 3.96. The van der Waals surface area contributed by atoms with Crippen LogP contribution in [0, 0.1) is 18.6 Å². The van der Waals surface area contributed by atoms with Crippen LogP contribution in [0.25, 0.3) is 0 Å². The van der Waals surface area contributed by atoms with Gasteiger partial charge < -0.3 is 4.42 Å². The van der Waals surface area contributed by atoms with Crippen LogP contribution < -0.4 is 0 Å². The molecule has 0 amide bonds. The van der Waals surface area contributed by atoms with E-state index in [9.17, 15) is 0 Å². The number of hydrogen-bond acceptors (Lipinski definition) is 3. The van der Waals surface area contributed by atoms with Gasteiger partial charge in [-0.3, -0.25) is 9.67 Å². The standard InChI is InChI=1S/C10H13N3OS/c1-6-4-5-9(14-6)7(2)13-8(3)11-12-10(13)15/h4-5,7H,1-3H3,(H,12,15). The minimum Gasteiger partial charge on any atom is -0.464 e. The predicted octanol–water partition coefficient (Wildman–Crippen LogP) is 2.76. The van der Waals surface area contributed by atoms with E-state index in [4.69, 9.17) is 16.6 Å². The van der Waals surface area contributed by atoms with Crippen LogP contribution in [0.5, 0.6) is 0 Å². The lowest BCUT2D eigenvalue weighted by Crippen LogP contribution is -2.07. The average molecular weight is 223 g/mol. The SMILES string of the molecule is Cc1ccc(C(C)n2c(C)n[nH]c2=S)o1. The molecule has 2 aromatic heterocycles. The second kappa shape index (κ2) is 3.66. The smallest absolute Gasteiger partial charge is 0.195 e. The first-order valence-electron chi connectivity index (χ1n) is 4.79. The summed E-state index contributed by atoms with van der Waals surface area (Å²) in [6.45, 7) is 5.88. The van der Waals surface area contributed by atoms with Crippen molar-refractivity contribution in [2.45, 2.75) is 26.8 Å². The molecule has 0 saturated heterocycles. The van der Waals surface area contributed by atoms with E-state index >= 15 is 0 Å². The van der Waals surface area contributed by atoms with Crippen LogP contribution in [-0.4, -0.2) is 14.8 Å². The van der Waals surface area contributed by atoms with Crippen molar-refractivity contribution in [1.29, 1.82) is 0 Å². The highest BCUT2D eigenvalue weighted by Crippen LogP contribution is 2.21. The van der Waals surface area contributed by atoms with Crippen LogP contribution in [0.1, 0.15) is 30.3 Å². The Bertz CT molecular complexity index is 523. The molecule has 0 fully saturated rings. The molecule has 0 aliphatic carbocycles. The molecule has 0 radical (unpaired) electrons. The molecule has 1 unspecified atom stereocenters. The number of aromatic nitrogens is 3. The van der Waals surface area contributed by atoms with Gasteiger partial charge in [0.25, 0.3) is 0 Å². The second-order valence-electron chi connectivity index (χ2n) is 3.57. The van der Waals surface area contributed by atoms with Crippen LogP contribution in [-0.2, 0) is 0 Å². The minimum absolute atomic E-state index is 0.0740. The van der Waals surface area contributed by atoms with Crippen molar-refractivity contribution in [3.63, 3.8) is 0 Å². The van der Waals surface area contributed by atoms with E-state index in [1.807, 2.05) is 37.5 Å². The van der Waals surface area contributed by atoms with E-state index in [-0.39, 0.29) is 6.04 Å². The maximum atomic E-state index is 5.57. The first kappa shape index (κ1) is 10.2. The topological polar surface area (TPSA) is 46.8 Å². The summed E-state index contributed by atoms with van der Waals surface area (Å²) in [6.07, 6.45) is 0. The average Bonchev–Trinajstić information content (AvgIpc) is 2.73. The van der Waals surface area contributed by atoms with Crippen molar-refractivity contribution in [2.75, 3.05) is 0 Å². The van der Waals surface area contributed by atoms with Crippen molar-refractivity contribution < 1.29 is 4.42 Å². The number of rotatable bonds is 2. The van der Waals surface area contributed by atoms with Crippen LogP contribution in [0.4, 0.5) is 0 Å². The molecule has 4 nitrogen and oxygen atoms in total. The number of H-pyrrole nitrogens is 1. The molecule has 2 rings (SSSR count). The van der Waals surface area contributed by atoms with E-state index < -0.39 is 0 Å². The lowest BCUT2D eigenvalue weighted by Gasteiger charge is -2.11. The summed E-state index contributed by atoms with van der Waals surface area (Å²) >= 11 is 5.16. The van der Waals surface area contributed by atoms with Gasteiger partial charge in [-0.2, -0.15) is 5.10 Å². The molecule has 0 aliphatic heterocycles. The van der Waals surface area contributed by atoms with Crippen molar-refractivity contribution in [3.05, 3.63) is 34.2 Å². The van der Waals surface area contributed by atoms with Crippen molar-refractivity contribution in [2.24, 2.45) is 0 Å². The number of furan rings is 1. The molecule has 80 valence electrons. The number of aromatic amines is 1. The zero-order chi connectivity index (χ0) is 11.0. The lowest BCUT2D eigenvalue weighted by molar-refractivity contribution is 0.423. The summed E-state index contributed by atoms with van der Waals surface area (Å²) in [4.78, 5) is 0. The zero-order valence-electron chi connectivity index (χ0n) is 8.94. The third-order valence-corrected chi connectivity index (χ3v) is 2.73. The van der Waals surface area contributed by atoms with Gasteiger partial charge in [0.1, 0.15) is 17.3 Å². The van der Waals surface area contributed by atoms with Crippen LogP contribution >= 0.6 is 12.2 Å². The molecule has 0 saturated carbocycles. The Morgan fingerprint density at radius 3 is 2.67 bits per heavy atom. The number of nitrogens with zero attached hydrogens (tertiary/aromatic N) is 2. The first-order chi connectivity index (χ1) is 7.09. The van der Waals surface area contributed by atoms with Gasteiger partial charge in [0, 0.05) is 0 Å². The summed E-state index contributed by atoms with van der Waals surface area (Å²) in [5.74, 6) is 2.67. The Morgan fingerprint density at radius 2 is 2.20 bits per heavy atom. The van der Waals surface area contributed by atoms with E-state index in [1.165, 1.54) is 0 Å². The van der Waals surface area contributed by atoms with E-state index in [0.29, 0.717) is 4.77 Å². The fourth-order valence-corrected chi connectivity index (χ4v) is 1.98. The molecule has 1 atom stereocenters. The van der Waals surface area contributed by atoms with Gasteiger partial charge in [-0.1, -0.05) is 0 Å². The Hall–Kier alpha value is -1.36. The Kier molecular flexibility index (Phi) is 2.48. The largest absolute Gasteiger partial charge is 0.464 e. The van der Waals surface area contributed by atoms with E-state index in [2.05, 4.69) is 10.2 Å². The van der Waals surface area contributed by atoms with E-state index in [0.717, 1.165) is 17.3 Å². The number of aryl methyl sites for hydroxylation is 2. The summed E-state index contributed by atoms with van der Waals surface area (Å²) in [5, 5.41) is 6.84. The van der Waals surface area contributed by atoms with Gasteiger partial charge >= 0.3 is 0 Å². The summed E-state index contributed by atoms with van der Waals surface area (Å²) < 4.78 is 8.13. The lowest BCUT2D eigenvalue weighted by atomic mass is 10.2. The Labute approximate surface area is 92.9 Å². The first-order valence-corrected chi connectivity index (χ1v) is 5.20. The van der Waals surface area contributed by atoms with Gasteiger partial charge in [-0.05, 0) is 45.1 Å². The van der Waals surface area contributed by atoms with Crippen LogP contribution in [0.15, 0.2) is 16.5 Å². The minimum atomic E-state index is 0.0740. The molecule has 0 bridgehead atoms. The molecular weight excluding hydrogens is 210 g/mol. The van der Waals surface area contributed by atoms with Crippen LogP contribution in [0.3, 0.4) is 0 Å². The predicted molar refractivity (Wildman–Crippen MR) is 59.4 cm³/mol. The van der Waals surface area contributed by atoms with Crippen molar-refractivity contribution >= 4 is 12.2 Å². The van der Waals surface area contributed by atoms with Gasteiger partial charge in [0.05, 0.1) is 6.04 Å². The molecule has 5 heteroatoms. The quantitative estimate of drug-likeness (QED) is 0.796. The zero-order valence-corrected chi connectivity index (χ0v) is 9.76. The molecule has 2 heterocycles. The Balaban J connectivity index is 2.44. The normalized spacial score (nSPS) is 13.0. The number of nitrogens with one attached hydrogen (secondary N) is 1. The van der Waals surface area contributed by atoms with Crippen molar-refractivity contribution in [3.8, 4) is 0 Å². The van der Waals surface area contributed by atoms with Gasteiger partial charge in [0.15, 0.2) is 4.77 Å². The summed E-state index contributed by atoms with van der Waals surface area (Å²) in [7, 11) is 0. The maximum absolute atomic E-state index is 5.57. The highest BCUT2D eigenvalue weighted by Gasteiger charge is 2.14. The molecule has 2 aromatic rings. The molecular formula is C10H13N3OS. The fraction of sp³-hybridized carbons (Fsp3) is 0.400. The third kappa shape index (κ3) is 1.74. The molecule has 15 heavy (non-hydrogen) atoms. The van der Waals surface area contributed by atoms with Gasteiger partial charge in [-0.25, -0.2) is 0 Å². The third-order valence-electron chi connectivity index (χ3n) is 2.44. The highest BCUT2D eigenvalue weighted by atomic mass is 32.1. The highest BCUT2D eigenvalue weighted by molar-refractivity contribution is 7.71. The molecule has 0 aliphatic rings. The monoisotopic (exact) mass is 223 g/mol. The molecule has 1 N–H and O–H groups in total. The Morgan fingerprint density at radius 1 is 1.47 bits per heavy atom. The molecule has 0 spiro atoms. The molecule has 0 aromatic carbocycles. The number of hydrogen-bond donors (Lipinski definition) is 1. The van der Waals surface area contributed by atoms with E-state index in [1.54, 1.807) is 0 Å². The summed E-state index contributed by atoms with van der Waals surface area (Å²) in [5.41, 5.74) is 0. The van der Waals surface area contributed by atoms with Gasteiger partial charge in [0.2, 0.25) is 0 Å². The van der Waals surface area contributed by atoms with Gasteiger partial charge in [-0.15, -0.1) is 0 Å².